The molecule has 35 heavy (non-hydrogen) atoms. The maximum Gasteiger partial charge on any atom is 0.303 e. The molecule has 0 aromatic carbocycles. The molecule has 198 valence electrons. The van der Waals surface area contributed by atoms with Gasteiger partial charge in [0.05, 0.1) is 0 Å². The number of carbonyl (C=O) groups excluding carboxylic acids is 2. The van der Waals surface area contributed by atoms with E-state index in [4.69, 9.17) is 9.47 Å². The molecule has 0 aliphatic heterocycles. The zero-order chi connectivity index (χ0) is 25.5. The van der Waals surface area contributed by atoms with E-state index in [2.05, 4.69) is 40.7 Å². The lowest BCUT2D eigenvalue weighted by molar-refractivity contribution is -0.155. The van der Waals surface area contributed by atoms with Gasteiger partial charge >= 0.3 is 11.9 Å². The van der Waals surface area contributed by atoms with Gasteiger partial charge in [-0.2, -0.15) is 0 Å². The highest BCUT2D eigenvalue weighted by atomic mass is 16.5. The molecule has 0 N–H and O–H groups in total. The lowest BCUT2D eigenvalue weighted by Crippen LogP contribution is -2.55. The van der Waals surface area contributed by atoms with Crippen LogP contribution in [0.2, 0.25) is 0 Å². The van der Waals surface area contributed by atoms with E-state index in [0.717, 1.165) is 42.9 Å². The summed E-state index contributed by atoms with van der Waals surface area (Å²) in [6.07, 6.45) is 13.9. The molecule has 0 saturated heterocycles. The van der Waals surface area contributed by atoms with Gasteiger partial charge in [-0.25, -0.2) is 0 Å². The maximum absolute atomic E-state index is 12.2. The Morgan fingerprint density at radius 3 is 2.31 bits per heavy atom. The lowest BCUT2D eigenvalue weighted by atomic mass is 9.46. The molecule has 4 aliphatic carbocycles. The molecule has 0 unspecified atom stereocenters. The van der Waals surface area contributed by atoms with Crippen molar-refractivity contribution in [3.05, 3.63) is 11.6 Å². The summed E-state index contributed by atoms with van der Waals surface area (Å²) >= 11 is 0. The van der Waals surface area contributed by atoms with Crippen LogP contribution in [0.25, 0.3) is 0 Å². The van der Waals surface area contributed by atoms with Crippen LogP contribution >= 0.6 is 0 Å². The third kappa shape index (κ3) is 5.10. The molecule has 9 atom stereocenters. The van der Waals surface area contributed by atoms with Crippen LogP contribution in [0.5, 0.6) is 0 Å². The maximum atomic E-state index is 12.2. The minimum atomic E-state index is -0.235. The van der Waals surface area contributed by atoms with Crippen LogP contribution in [0, 0.1) is 46.3 Å². The summed E-state index contributed by atoms with van der Waals surface area (Å²) in [5, 5.41) is 0. The Morgan fingerprint density at radius 2 is 1.66 bits per heavy atom. The third-order valence-electron chi connectivity index (χ3n) is 10.9. The molecule has 0 bridgehead atoms. The lowest BCUT2D eigenvalue weighted by Gasteiger charge is -2.60. The summed E-state index contributed by atoms with van der Waals surface area (Å²) in [5.41, 5.74) is 1.67. The van der Waals surface area contributed by atoms with Crippen LogP contribution in [0.3, 0.4) is 0 Å². The molecular weight excluding hydrogens is 436 g/mol. The van der Waals surface area contributed by atoms with E-state index < -0.39 is 0 Å². The van der Waals surface area contributed by atoms with Crippen molar-refractivity contribution < 1.29 is 19.1 Å². The first-order chi connectivity index (χ1) is 16.5. The van der Waals surface area contributed by atoms with Crippen molar-refractivity contribution >= 4 is 11.9 Å². The Morgan fingerprint density at radius 1 is 0.943 bits per heavy atom. The minimum Gasteiger partial charge on any atom is -0.458 e. The van der Waals surface area contributed by atoms with Crippen LogP contribution in [0.1, 0.15) is 113 Å². The number of carbonyl (C=O) groups is 2. The largest absolute Gasteiger partial charge is 0.458 e. The van der Waals surface area contributed by atoms with Crippen LogP contribution in [0.4, 0.5) is 0 Å². The summed E-state index contributed by atoms with van der Waals surface area (Å²) in [6, 6.07) is 0. The summed E-state index contributed by atoms with van der Waals surface area (Å²) in [4.78, 5) is 23.8. The number of fused-ring (bicyclic) bond motifs is 5. The molecule has 0 heterocycles. The van der Waals surface area contributed by atoms with Gasteiger partial charge in [-0.1, -0.05) is 53.9 Å². The van der Waals surface area contributed by atoms with Crippen molar-refractivity contribution in [2.24, 2.45) is 46.3 Å². The number of hydrogen-bond acceptors (Lipinski definition) is 4. The highest BCUT2D eigenvalue weighted by Crippen LogP contribution is 2.68. The zero-order valence-corrected chi connectivity index (χ0v) is 23.4. The van der Waals surface area contributed by atoms with Gasteiger partial charge in [-0.15, -0.1) is 0 Å². The SMILES string of the molecule is CC(=O)O[C@H]1C=C2[C@H](OC(C)=O)C[C@H]3[C@@H]4CC[C@H]([C@H](C)CCCC(C)C)[C@@]4(C)CC[C@@H]3[C@@]2(C)CC1. The highest BCUT2D eigenvalue weighted by molar-refractivity contribution is 5.67. The number of hydrogen-bond donors (Lipinski definition) is 0. The molecule has 3 fully saturated rings. The molecule has 0 radical (unpaired) electrons. The highest BCUT2D eigenvalue weighted by Gasteiger charge is 2.61. The fourth-order valence-electron chi connectivity index (χ4n) is 9.36. The molecular formula is C31H50O4. The Hall–Kier alpha value is -1.32. The standard InChI is InChI=1S/C31H50O4/c1-19(2)9-8-10-20(3)25-11-12-26-24-18-29(35-22(5)33)28-17-23(34-21(4)32)13-15-31(28,7)27(24)14-16-30(25,26)6/h17,19-20,23-27,29H,8-16,18H2,1-7H3/t20-,23-,24+,25-,26+,27+,29-,30-,31-/m1/s1. The fourth-order valence-corrected chi connectivity index (χ4v) is 9.36. The van der Waals surface area contributed by atoms with E-state index in [0.29, 0.717) is 17.3 Å². The molecule has 4 aliphatic rings. The van der Waals surface area contributed by atoms with Crippen molar-refractivity contribution in [3.8, 4) is 0 Å². The summed E-state index contributed by atoms with van der Waals surface area (Å²) < 4.78 is 11.6. The van der Waals surface area contributed by atoms with Crippen molar-refractivity contribution in [1.29, 1.82) is 0 Å². The molecule has 0 amide bonds. The van der Waals surface area contributed by atoms with Crippen molar-refractivity contribution in [1.82, 2.24) is 0 Å². The van der Waals surface area contributed by atoms with E-state index in [1.54, 1.807) is 0 Å². The fraction of sp³-hybridized carbons (Fsp3) is 0.871. The Balaban J connectivity index is 1.58. The topological polar surface area (TPSA) is 52.6 Å². The van der Waals surface area contributed by atoms with Crippen LogP contribution in [0.15, 0.2) is 11.6 Å². The van der Waals surface area contributed by atoms with E-state index in [1.807, 2.05) is 0 Å². The van der Waals surface area contributed by atoms with Gasteiger partial charge in [0.15, 0.2) is 0 Å². The third-order valence-corrected chi connectivity index (χ3v) is 10.9. The van der Waals surface area contributed by atoms with Crippen molar-refractivity contribution in [3.63, 3.8) is 0 Å². The molecule has 4 heteroatoms. The Bertz CT molecular complexity index is 830. The molecule has 3 saturated carbocycles. The average Bonchev–Trinajstić information content (AvgIpc) is 3.11. The molecule has 4 nitrogen and oxygen atoms in total. The molecule has 4 rings (SSSR count). The van der Waals surface area contributed by atoms with E-state index >= 15 is 0 Å². The average molecular weight is 487 g/mol. The second-order valence-electron chi connectivity index (χ2n) is 13.5. The molecule has 0 aromatic heterocycles. The first kappa shape index (κ1) is 26.7. The zero-order valence-electron chi connectivity index (χ0n) is 23.4. The Labute approximate surface area is 214 Å². The molecule has 0 spiro atoms. The predicted molar refractivity (Wildman–Crippen MR) is 140 cm³/mol. The number of rotatable bonds is 7. The number of esters is 2. The van der Waals surface area contributed by atoms with E-state index in [1.165, 1.54) is 64.4 Å². The van der Waals surface area contributed by atoms with Gasteiger partial charge in [-0.3, -0.25) is 9.59 Å². The van der Waals surface area contributed by atoms with Crippen LogP contribution < -0.4 is 0 Å². The van der Waals surface area contributed by atoms with Crippen LogP contribution in [-0.4, -0.2) is 24.1 Å². The van der Waals surface area contributed by atoms with Gasteiger partial charge in [0.2, 0.25) is 0 Å². The summed E-state index contributed by atoms with van der Waals surface area (Å²) in [7, 11) is 0. The molecule has 0 aromatic rings. The quantitative estimate of drug-likeness (QED) is 0.276. The number of ether oxygens (including phenoxy) is 2. The van der Waals surface area contributed by atoms with E-state index in [-0.39, 0.29) is 29.6 Å². The van der Waals surface area contributed by atoms with Gasteiger partial charge in [-0.05, 0) is 103 Å². The minimum absolute atomic E-state index is 0.0297. The first-order valence-corrected chi connectivity index (χ1v) is 14.5. The smallest absolute Gasteiger partial charge is 0.303 e. The predicted octanol–water partition coefficient (Wildman–Crippen LogP) is 7.50. The van der Waals surface area contributed by atoms with Crippen molar-refractivity contribution in [2.75, 3.05) is 0 Å². The monoisotopic (exact) mass is 486 g/mol. The normalized spacial score (nSPS) is 41.3. The summed E-state index contributed by atoms with van der Waals surface area (Å²) in [6.45, 7) is 15.2. The Kier molecular flexibility index (Phi) is 7.80. The summed E-state index contributed by atoms with van der Waals surface area (Å²) in [5.74, 6) is 3.93. The van der Waals surface area contributed by atoms with Gasteiger partial charge < -0.3 is 9.47 Å². The van der Waals surface area contributed by atoms with Gasteiger partial charge in [0, 0.05) is 13.8 Å². The first-order valence-electron chi connectivity index (χ1n) is 14.5. The van der Waals surface area contributed by atoms with E-state index in [9.17, 15) is 9.59 Å². The van der Waals surface area contributed by atoms with Crippen molar-refractivity contribution in [2.45, 2.75) is 125 Å². The van der Waals surface area contributed by atoms with Gasteiger partial charge in [0.25, 0.3) is 0 Å². The second kappa shape index (κ2) is 10.2. The second-order valence-corrected chi connectivity index (χ2v) is 13.5. The van der Waals surface area contributed by atoms with Crippen LogP contribution in [-0.2, 0) is 19.1 Å². The van der Waals surface area contributed by atoms with Gasteiger partial charge in [0.1, 0.15) is 12.2 Å².